The van der Waals surface area contributed by atoms with Gasteiger partial charge in [0.25, 0.3) is 0 Å². The lowest BCUT2D eigenvalue weighted by atomic mass is 10.0. The minimum absolute atomic E-state index is 0.182. The van der Waals surface area contributed by atoms with E-state index >= 15 is 0 Å². The number of carbonyl (C=O) groups excluding carboxylic acids is 2. The molecule has 0 fully saturated rings. The molecule has 0 spiro atoms. The van der Waals surface area contributed by atoms with Crippen LogP contribution in [0, 0.1) is 11.6 Å². The Labute approximate surface area is 138 Å². The molecule has 0 saturated carbocycles. The minimum Gasteiger partial charge on any atom is -0.357 e. The molecule has 0 aliphatic rings. The number of benzene rings is 2. The summed E-state index contributed by atoms with van der Waals surface area (Å²) in [5.41, 5.74) is 1.18. The Morgan fingerprint density at radius 2 is 1.75 bits per heavy atom. The van der Waals surface area contributed by atoms with Crippen molar-refractivity contribution in [3.63, 3.8) is 0 Å². The third-order valence-corrected chi connectivity index (χ3v) is 3.57. The van der Waals surface area contributed by atoms with Gasteiger partial charge in [-0.1, -0.05) is 36.4 Å². The van der Waals surface area contributed by atoms with Crippen molar-refractivity contribution in [1.29, 1.82) is 0 Å². The molecule has 0 heterocycles. The summed E-state index contributed by atoms with van der Waals surface area (Å²) in [5.74, 6) is -2.93. The highest BCUT2D eigenvalue weighted by atomic mass is 19.2. The summed E-state index contributed by atoms with van der Waals surface area (Å²) in [6.45, 7) is 0. The van der Waals surface area contributed by atoms with Gasteiger partial charge in [0.2, 0.25) is 11.8 Å². The molecule has 0 radical (unpaired) electrons. The van der Waals surface area contributed by atoms with Crippen LogP contribution in [-0.2, 0) is 16.0 Å². The van der Waals surface area contributed by atoms with E-state index in [1.54, 1.807) is 0 Å². The summed E-state index contributed by atoms with van der Waals surface area (Å²) < 4.78 is 26.4. The van der Waals surface area contributed by atoms with Crippen LogP contribution in [0.3, 0.4) is 0 Å². The second-order valence-corrected chi connectivity index (χ2v) is 5.27. The SMILES string of the molecule is CNC(=O)C(NC(=O)CCc1ccccc1)c1ccc(F)c(F)c1. The molecular formula is C18H18F2N2O2. The van der Waals surface area contributed by atoms with Crippen LogP contribution < -0.4 is 10.6 Å². The van der Waals surface area contributed by atoms with Gasteiger partial charge >= 0.3 is 0 Å². The van der Waals surface area contributed by atoms with Crippen molar-refractivity contribution >= 4 is 11.8 Å². The summed E-state index contributed by atoms with van der Waals surface area (Å²) in [5, 5.41) is 4.97. The van der Waals surface area contributed by atoms with Gasteiger partial charge in [-0.3, -0.25) is 9.59 Å². The van der Waals surface area contributed by atoms with E-state index in [2.05, 4.69) is 10.6 Å². The van der Waals surface area contributed by atoms with Crippen LogP contribution in [0.15, 0.2) is 48.5 Å². The maximum absolute atomic E-state index is 13.4. The van der Waals surface area contributed by atoms with Crippen molar-refractivity contribution in [2.24, 2.45) is 0 Å². The van der Waals surface area contributed by atoms with Gasteiger partial charge < -0.3 is 10.6 Å². The number of halogens is 2. The number of carbonyl (C=O) groups is 2. The summed E-state index contributed by atoms with van der Waals surface area (Å²) in [6, 6.07) is 11.5. The average Bonchev–Trinajstić information content (AvgIpc) is 2.60. The predicted octanol–water partition coefficient (Wildman–Crippen LogP) is 2.50. The van der Waals surface area contributed by atoms with E-state index in [1.165, 1.54) is 13.1 Å². The van der Waals surface area contributed by atoms with E-state index in [-0.39, 0.29) is 17.9 Å². The smallest absolute Gasteiger partial charge is 0.246 e. The van der Waals surface area contributed by atoms with Crippen molar-refractivity contribution in [1.82, 2.24) is 10.6 Å². The topological polar surface area (TPSA) is 58.2 Å². The van der Waals surface area contributed by atoms with Gasteiger partial charge in [0.15, 0.2) is 11.6 Å². The molecule has 0 bridgehead atoms. The molecule has 0 aliphatic heterocycles. The van der Waals surface area contributed by atoms with E-state index in [0.29, 0.717) is 6.42 Å². The molecule has 2 aromatic carbocycles. The van der Waals surface area contributed by atoms with Gasteiger partial charge in [0.1, 0.15) is 6.04 Å². The number of nitrogens with one attached hydrogen (secondary N) is 2. The summed E-state index contributed by atoms with van der Waals surface area (Å²) >= 11 is 0. The maximum atomic E-state index is 13.4. The molecule has 2 rings (SSSR count). The zero-order valence-electron chi connectivity index (χ0n) is 13.2. The lowest BCUT2D eigenvalue weighted by molar-refractivity contribution is -0.128. The molecule has 0 aliphatic carbocycles. The predicted molar refractivity (Wildman–Crippen MR) is 86.1 cm³/mol. The van der Waals surface area contributed by atoms with E-state index in [9.17, 15) is 18.4 Å². The summed E-state index contributed by atoms with van der Waals surface area (Å²) in [6.07, 6.45) is 0.700. The van der Waals surface area contributed by atoms with Crippen LogP contribution in [0.1, 0.15) is 23.6 Å². The first kappa shape index (κ1) is 17.6. The Kier molecular flexibility index (Phi) is 6.01. The molecule has 2 amide bonds. The molecule has 2 aromatic rings. The lowest BCUT2D eigenvalue weighted by Gasteiger charge is -2.18. The van der Waals surface area contributed by atoms with Crippen molar-refractivity contribution < 1.29 is 18.4 Å². The lowest BCUT2D eigenvalue weighted by Crippen LogP contribution is -2.39. The quantitative estimate of drug-likeness (QED) is 0.854. The molecule has 0 aromatic heterocycles. The second-order valence-electron chi connectivity index (χ2n) is 5.27. The fourth-order valence-electron chi connectivity index (χ4n) is 2.27. The second kappa shape index (κ2) is 8.19. The van der Waals surface area contributed by atoms with Crippen molar-refractivity contribution in [3.8, 4) is 0 Å². The van der Waals surface area contributed by atoms with E-state index in [4.69, 9.17) is 0 Å². The third kappa shape index (κ3) is 4.62. The number of aryl methyl sites for hydroxylation is 1. The van der Waals surface area contributed by atoms with Crippen molar-refractivity contribution in [2.45, 2.75) is 18.9 Å². The maximum Gasteiger partial charge on any atom is 0.246 e. The molecule has 1 atom stereocenters. The van der Waals surface area contributed by atoms with Crippen LogP contribution in [0.2, 0.25) is 0 Å². The van der Waals surface area contributed by atoms with Crippen LogP contribution in [0.5, 0.6) is 0 Å². The van der Waals surface area contributed by atoms with Crippen molar-refractivity contribution in [2.75, 3.05) is 7.05 Å². The molecule has 24 heavy (non-hydrogen) atoms. The first-order valence-electron chi connectivity index (χ1n) is 7.51. The fourth-order valence-corrected chi connectivity index (χ4v) is 2.27. The Balaban J connectivity index is 2.06. The first-order chi connectivity index (χ1) is 11.5. The Bertz CT molecular complexity index is 720. The van der Waals surface area contributed by atoms with Gasteiger partial charge in [-0.15, -0.1) is 0 Å². The van der Waals surface area contributed by atoms with Gasteiger partial charge in [-0.2, -0.15) is 0 Å². The van der Waals surface area contributed by atoms with Crippen LogP contribution >= 0.6 is 0 Å². The van der Waals surface area contributed by atoms with Gasteiger partial charge in [-0.25, -0.2) is 8.78 Å². The Hall–Kier alpha value is -2.76. The standard InChI is InChI=1S/C18H18F2N2O2/c1-21-18(24)17(13-8-9-14(19)15(20)11-13)22-16(23)10-7-12-5-3-2-4-6-12/h2-6,8-9,11,17H,7,10H2,1H3,(H,21,24)(H,22,23). The number of likely N-dealkylation sites (N-methyl/N-ethyl adjacent to an activating group) is 1. The third-order valence-electron chi connectivity index (χ3n) is 3.57. The zero-order valence-corrected chi connectivity index (χ0v) is 13.2. The zero-order chi connectivity index (χ0) is 17.5. The number of hydrogen-bond acceptors (Lipinski definition) is 2. The van der Waals surface area contributed by atoms with E-state index < -0.39 is 23.6 Å². The van der Waals surface area contributed by atoms with Crippen LogP contribution in [0.25, 0.3) is 0 Å². The number of amides is 2. The molecule has 126 valence electrons. The van der Waals surface area contributed by atoms with Crippen LogP contribution in [0.4, 0.5) is 8.78 Å². The van der Waals surface area contributed by atoms with Gasteiger partial charge in [-0.05, 0) is 29.7 Å². The Morgan fingerprint density at radius 3 is 2.38 bits per heavy atom. The van der Waals surface area contributed by atoms with Gasteiger partial charge in [0.05, 0.1) is 0 Å². The average molecular weight is 332 g/mol. The van der Waals surface area contributed by atoms with E-state index in [0.717, 1.165) is 17.7 Å². The number of rotatable bonds is 6. The van der Waals surface area contributed by atoms with Crippen LogP contribution in [-0.4, -0.2) is 18.9 Å². The number of hydrogen-bond donors (Lipinski definition) is 2. The molecule has 0 saturated heterocycles. The highest BCUT2D eigenvalue weighted by Crippen LogP contribution is 2.17. The summed E-state index contributed by atoms with van der Waals surface area (Å²) in [4.78, 5) is 24.1. The fraction of sp³-hybridized carbons (Fsp3) is 0.222. The van der Waals surface area contributed by atoms with Gasteiger partial charge in [0, 0.05) is 13.5 Å². The minimum atomic E-state index is -1.08. The molecular weight excluding hydrogens is 314 g/mol. The normalized spacial score (nSPS) is 11.6. The largest absolute Gasteiger partial charge is 0.357 e. The Morgan fingerprint density at radius 1 is 1.04 bits per heavy atom. The summed E-state index contributed by atoms with van der Waals surface area (Å²) in [7, 11) is 1.41. The molecule has 4 nitrogen and oxygen atoms in total. The molecule has 6 heteroatoms. The first-order valence-corrected chi connectivity index (χ1v) is 7.51. The molecule has 2 N–H and O–H groups in total. The highest BCUT2D eigenvalue weighted by molar-refractivity contribution is 5.88. The van der Waals surface area contributed by atoms with Crippen molar-refractivity contribution in [3.05, 3.63) is 71.3 Å². The molecule has 1 unspecified atom stereocenters. The van der Waals surface area contributed by atoms with E-state index in [1.807, 2.05) is 30.3 Å². The highest BCUT2D eigenvalue weighted by Gasteiger charge is 2.22. The monoisotopic (exact) mass is 332 g/mol.